The van der Waals surface area contributed by atoms with E-state index >= 15 is 0 Å². The molecule has 0 bridgehead atoms. The molecule has 80 valence electrons. The number of aliphatic carboxylic acids is 1. The summed E-state index contributed by atoms with van der Waals surface area (Å²) < 4.78 is 0. The molecular weight excluding hydrogens is 190 g/mol. The van der Waals surface area contributed by atoms with Crippen molar-refractivity contribution in [1.29, 1.82) is 0 Å². The van der Waals surface area contributed by atoms with Crippen LogP contribution in [0.2, 0.25) is 0 Å². The van der Waals surface area contributed by atoms with E-state index in [9.17, 15) is 14.4 Å². The van der Waals surface area contributed by atoms with Gasteiger partial charge in [0.15, 0.2) is 0 Å². The standard InChI is InChI=1S/C7H13N3O4/c1-3(7(13)14)10-6(12)4(8)2-5(9)11/h3-4H,2,8H2,1H3,(H2,9,11)(H,10,12)(H,13,14)/t3-,4-/m1/s1. The fraction of sp³-hybridized carbons (Fsp3) is 0.571. The molecule has 7 heteroatoms. The van der Waals surface area contributed by atoms with Gasteiger partial charge in [0.1, 0.15) is 6.04 Å². The molecule has 0 aromatic carbocycles. The second kappa shape index (κ2) is 5.18. The zero-order valence-corrected chi connectivity index (χ0v) is 7.69. The second-order valence-electron chi connectivity index (χ2n) is 2.85. The fourth-order valence-electron chi connectivity index (χ4n) is 0.692. The molecule has 0 aliphatic heterocycles. The average Bonchev–Trinajstić information content (AvgIpc) is 2.02. The molecule has 0 aromatic heterocycles. The van der Waals surface area contributed by atoms with Crippen molar-refractivity contribution in [1.82, 2.24) is 5.32 Å². The minimum absolute atomic E-state index is 0.307. The molecule has 0 aliphatic rings. The van der Waals surface area contributed by atoms with E-state index in [-0.39, 0.29) is 6.42 Å². The second-order valence-corrected chi connectivity index (χ2v) is 2.85. The summed E-state index contributed by atoms with van der Waals surface area (Å²) in [5, 5.41) is 10.6. The topological polar surface area (TPSA) is 136 Å². The largest absolute Gasteiger partial charge is 0.480 e. The number of carbonyl (C=O) groups excluding carboxylic acids is 2. The molecule has 0 saturated heterocycles. The van der Waals surface area contributed by atoms with Gasteiger partial charge in [-0.1, -0.05) is 0 Å². The molecule has 0 saturated carbocycles. The molecule has 2 amide bonds. The maximum atomic E-state index is 11.1. The summed E-state index contributed by atoms with van der Waals surface area (Å²) >= 11 is 0. The third-order valence-electron chi connectivity index (χ3n) is 1.49. The van der Waals surface area contributed by atoms with Crippen molar-refractivity contribution in [3.8, 4) is 0 Å². The Labute approximate surface area is 80.4 Å². The van der Waals surface area contributed by atoms with Crippen molar-refractivity contribution in [2.24, 2.45) is 11.5 Å². The molecule has 0 heterocycles. The molecule has 14 heavy (non-hydrogen) atoms. The highest BCUT2D eigenvalue weighted by Gasteiger charge is 2.20. The van der Waals surface area contributed by atoms with Crippen LogP contribution in [-0.4, -0.2) is 35.0 Å². The van der Waals surface area contributed by atoms with Crippen LogP contribution in [0.1, 0.15) is 13.3 Å². The van der Waals surface area contributed by atoms with Crippen molar-refractivity contribution >= 4 is 17.8 Å². The number of rotatable bonds is 5. The Bertz CT molecular complexity index is 253. The number of carbonyl (C=O) groups is 3. The smallest absolute Gasteiger partial charge is 0.325 e. The van der Waals surface area contributed by atoms with Crippen LogP contribution in [0.15, 0.2) is 0 Å². The monoisotopic (exact) mass is 203 g/mol. The van der Waals surface area contributed by atoms with E-state index in [2.05, 4.69) is 5.32 Å². The SMILES string of the molecule is C[C@@H](NC(=O)[C@H](N)CC(N)=O)C(=O)O. The van der Waals surface area contributed by atoms with Gasteiger partial charge in [0.05, 0.1) is 12.5 Å². The molecule has 0 radical (unpaired) electrons. The van der Waals surface area contributed by atoms with Crippen molar-refractivity contribution in [2.45, 2.75) is 25.4 Å². The summed E-state index contributed by atoms with van der Waals surface area (Å²) in [5.74, 6) is -2.60. The van der Waals surface area contributed by atoms with E-state index in [0.29, 0.717) is 0 Å². The molecule has 6 N–H and O–H groups in total. The van der Waals surface area contributed by atoms with Crippen molar-refractivity contribution in [3.63, 3.8) is 0 Å². The molecular formula is C7H13N3O4. The maximum absolute atomic E-state index is 11.1. The molecule has 7 nitrogen and oxygen atoms in total. The first kappa shape index (κ1) is 12.4. The molecule has 0 fully saturated rings. The van der Waals surface area contributed by atoms with Crippen LogP contribution in [0, 0.1) is 0 Å². The van der Waals surface area contributed by atoms with Gasteiger partial charge < -0.3 is 21.9 Å². The fourth-order valence-corrected chi connectivity index (χ4v) is 0.692. The zero-order valence-electron chi connectivity index (χ0n) is 7.69. The summed E-state index contributed by atoms with van der Waals surface area (Å²) in [7, 11) is 0. The van der Waals surface area contributed by atoms with Crippen LogP contribution in [0.25, 0.3) is 0 Å². The van der Waals surface area contributed by atoms with Crippen LogP contribution in [0.3, 0.4) is 0 Å². The number of primary amides is 1. The normalized spacial score (nSPS) is 14.1. The lowest BCUT2D eigenvalue weighted by molar-refractivity contribution is -0.141. The number of nitrogens with one attached hydrogen (secondary N) is 1. The van der Waals surface area contributed by atoms with E-state index in [1.54, 1.807) is 0 Å². The molecule has 0 unspecified atom stereocenters. The Morgan fingerprint density at radius 3 is 2.29 bits per heavy atom. The summed E-state index contributed by atoms with van der Waals surface area (Å²) in [6.07, 6.45) is -0.307. The van der Waals surface area contributed by atoms with Crippen LogP contribution in [-0.2, 0) is 14.4 Å². The first-order chi connectivity index (χ1) is 6.34. The van der Waals surface area contributed by atoms with E-state index in [0.717, 1.165) is 0 Å². The van der Waals surface area contributed by atoms with Crippen LogP contribution in [0.5, 0.6) is 0 Å². The first-order valence-corrected chi connectivity index (χ1v) is 3.91. The minimum Gasteiger partial charge on any atom is -0.480 e. The summed E-state index contributed by atoms with van der Waals surface area (Å²) in [6, 6.07) is -2.14. The van der Waals surface area contributed by atoms with Crippen molar-refractivity contribution in [2.75, 3.05) is 0 Å². The third-order valence-corrected chi connectivity index (χ3v) is 1.49. The molecule has 0 rings (SSSR count). The van der Waals surface area contributed by atoms with Gasteiger partial charge in [-0.3, -0.25) is 14.4 Å². The van der Waals surface area contributed by atoms with Gasteiger partial charge in [-0.2, -0.15) is 0 Å². The van der Waals surface area contributed by atoms with E-state index in [1.807, 2.05) is 0 Å². The highest BCUT2D eigenvalue weighted by Crippen LogP contribution is 1.89. The molecule has 0 spiro atoms. The number of carboxylic acid groups (broad SMARTS) is 1. The van der Waals surface area contributed by atoms with E-state index in [4.69, 9.17) is 16.6 Å². The van der Waals surface area contributed by atoms with E-state index < -0.39 is 29.9 Å². The Morgan fingerprint density at radius 1 is 1.43 bits per heavy atom. The predicted octanol–water partition coefficient (Wildman–Crippen LogP) is -2.22. The number of amides is 2. The Hall–Kier alpha value is -1.63. The van der Waals surface area contributed by atoms with Crippen LogP contribution >= 0.6 is 0 Å². The number of hydrogen-bond acceptors (Lipinski definition) is 4. The van der Waals surface area contributed by atoms with Gasteiger partial charge >= 0.3 is 5.97 Å². The van der Waals surface area contributed by atoms with Crippen LogP contribution in [0.4, 0.5) is 0 Å². The van der Waals surface area contributed by atoms with Crippen LogP contribution < -0.4 is 16.8 Å². The van der Waals surface area contributed by atoms with Gasteiger partial charge in [0.2, 0.25) is 11.8 Å². The minimum atomic E-state index is -1.18. The summed E-state index contributed by atoms with van der Waals surface area (Å²) in [4.78, 5) is 31.8. The molecule has 2 atom stereocenters. The van der Waals surface area contributed by atoms with Crippen molar-refractivity contribution in [3.05, 3.63) is 0 Å². The highest BCUT2D eigenvalue weighted by atomic mass is 16.4. The summed E-state index contributed by atoms with van der Waals surface area (Å²) in [6.45, 7) is 1.29. The third kappa shape index (κ3) is 4.41. The van der Waals surface area contributed by atoms with Gasteiger partial charge in [-0.05, 0) is 6.92 Å². The number of hydrogen-bond donors (Lipinski definition) is 4. The van der Waals surface area contributed by atoms with E-state index in [1.165, 1.54) is 6.92 Å². The van der Waals surface area contributed by atoms with Gasteiger partial charge in [-0.15, -0.1) is 0 Å². The lowest BCUT2D eigenvalue weighted by Gasteiger charge is -2.13. The highest BCUT2D eigenvalue weighted by molar-refractivity contribution is 5.90. The molecule has 0 aliphatic carbocycles. The number of nitrogens with two attached hydrogens (primary N) is 2. The Morgan fingerprint density at radius 2 is 1.93 bits per heavy atom. The van der Waals surface area contributed by atoms with Gasteiger partial charge in [-0.25, -0.2) is 0 Å². The maximum Gasteiger partial charge on any atom is 0.325 e. The Kier molecular flexibility index (Phi) is 4.57. The van der Waals surface area contributed by atoms with Crippen molar-refractivity contribution < 1.29 is 19.5 Å². The predicted molar refractivity (Wildman–Crippen MR) is 47.0 cm³/mol. The lowest BCUT2D eigenvalue weighted by Crippen LogP contribution is -2.48. The quantitative estimate of drug-likeness (QED) is 0.401. The summed E-state index contributed by atoms with van der Waals surface area (Å²) in [5.41, 5.74) is 10.1. The first-order valence-electron chi connectivity index (χ1n) is 3.91. The number of carboxylic acids is 1. The Balaban J connectivity index is 4.07. The lowest BCUT2D eigenvalue weighted by atomic mass is 10.2. The zero-order chi connectivity index (χ0) is 11.3. The molecule has 0 aromatic rings. The van der Waals surface area contributed by atoms with Gasteiger partial charge in [0.25, 0.3) is 0 Å². The average molecular weight is 203 g/mol. The van der Waals surface area contributed by atoms with Gasteiger partial charge in [0, 0.05) is 0 Å².